The second-order valence-electron chi connectivity index (χ2n) is 3.63. The van der Waals surface area contributed by atoms with Crippen LogP contribution in [0.3, 0.4) is 0 Å². The van der Waals surface area contributed by atoms with E-state index in [1.165, 1.54) is 12.1 Å². The Labute approximate surface area is 107 Å². The summed E-state index contributed by atoms with van der Waals surface area (Å²) >= 11 is 5.72. The minimum absolute atomic E-state index is 0.111. The first kappa shape index (κ1) is 12.3. The summed E-state index contributed by atoms with van der Waals surface area (Å²) in [5.74, 6) is 0.146. The van der Waals surface area contributed by atoms with Gasteiger partial charge in [0.25, 0.3) is 0 Å². The zero-order valence-electron chi connectivity index (χ0n) is 9.48. The molecule has 94 valence electrons. The zero-order valence-corrected chi connectivity index (χ0v) is 10.2. The van der Waals surface area contributed by atoms with Gasteiger partial charge in [-0.25, -0.2) is 4.98 Å². The number of nitro groups is 1. The van der Waals surface area contributed by atoms with Crippen molar-refractivity contribution in [3.05, 3.63) is 44.9 Å². The molecule has 7 nitrogen and oxygen atoms in total. The summed E-state index contributed by atoms with van der Waals surface area (Å²) in [6, 6.07) is 2.70. The molecule has 0 aromatic carbocycles. The molecule has 2 N–H and O–H groups in total. The van der Waals surface area contributed by atoms with Crippen LogP contribution in [-0.4, -0.2) is 20.1 Å². The van der Waals surface area contributed by atoms with Crippen LogP contribution in [0.5, 0.6) is 0 Å². The molecule has 2 aromatic rings. The Balaban J connectivity index is 2.20. The van der Waals surface area contributed by atoms with Crippen LogP contribution in [0.15, 0.2) is 18.3 Å². The summed E-state index contributed by atoms with van der Waals surface area (Å²) < 4.78 is 0. The van der Waals surface area contributed by atoms with E-state index in [0.717, 1.165) is 11.3 Å². The number of aromatic amines is 1. The van der Waals surface area contributed by atoms with Gasteiger partial charge in [-0.2, -0.15) is 5.10 Å². The number of rotatable bonds is 4. The normalized spacial score (nSPS) is 10.3. The number of aromatic nitrogens is 3. The molecule has 0 amide bonds. The highest BCUT2D eigenvalue weighted by molar-refractivity contribution is 6.29. The maximum Gasteiger partial charge on any atom is 0.311 e. The van der Waals surface area contributed by atoms with Gasteiger partial charge in [0, 0.05) is 23.9 Å². The maximum absolute atomic E-state index is 10.8. The van der Waals surface area contributed by atoms with Crippen molar-refractivity contribution in [3.8, 4) is 0 Å². The Morgan fingerprint density at radius 2 is 2.33 bits per heavy atom. The molecule has 0 saturated heterocycles. The van der Waals surface area contributed by atoms with E-state index in [2.05, 4.69) is 20.5 Å². The fourth-order valence-corrected chi connectivity index (χ4v) is 1.59. The van der Waals surface area contributed by atoms with Crippen LogP contribution < -0.4 is 5.32 Å². The molecule has 0 spiro atoms. The van der Waals surface area contributed by atoms with Gasteiger partial charge < -0.3 is 5.32 Å². The van der Waals surface area contributed by atoms with Crippen LogP contribution in [0.4, 0.5) is 11.5 Å². The highest BCUT2D eigenvalue weighted by atomic mass is 35.5. The molecular weight excluding hydrogens is 258 g/mol. The highest BCUT2D eigenvalue weighted by Crippen LogP contribution is 2.24. The topological polar surface area (TPSA) is 96.7 Å². The van der Waals surface area contributed by atoms with Crippen molar-refractivity contribution in [3.63, 3.8) is 0 Å². The van der Waals surface area contributed by atoms with Crippen LogP contribution in [0.2, 0.25) is 5.15 Å². The number of hydrogen-bond donors (Lipinski definition) is 2. The first-order valence-electron chi connectivity index (χ1n) is 5.11. The molecule has 0 fully saturated rings. The lowest BCUT2D eigenvalue weighted by molar-refractivity contribution is -0.384. The number of aryl methyl sites for hydroxylation is 1. The van der Waals surface area contributed by atoms with Crippen molar-refractivity contribution >= 4 is 23.1 Å². The quantitative estimate of drug-likeness (QED) is 0.503. The summed E-state index contributed by atoms with van der Waals surface area (Å²) in [5.41, 5.74) is 1.69. The van der Waals surface area contributed by atoms with Gasteiger partial charge in [0.1, 0.15) is 5.15 Å². The predicted molar refractivity (Wildman–Crippen MR) is 66.6 cm³/mol. The van der Waals surface area contributed by atoms with Gasteiger partial charge in [0.2, 0.25) is 5.82 Å². The number of nitrogens with zero attached hydrogens (tertiary/aromatic N) is 3. The van der Waals surface area contributed by atoms with E-state index in [1.54, 1.807) is 6.20 Å². The molecule has 0 atom stereocenters. The summed E-state index contributed by atoms with van der Waals surface area (Å²) in [7, 11) is 0. The zero-order chi connectivity index (χ0) is 13.1. The van der Waals surface area contributed by atoms with Crippen LogP contribution in [-0.2, 0) is 6.54 Å². The minimum Gasteiger partial charge on any atom is -0.360 e. The van der Waals surface area contributed by atoms with E-state index < -0.39 is 4.92 Å². The standard InChI is InChI=1S/C10H10ClN5O2/c1-6-7(5-13-15-6)4-12-10-8(16(17)18)2-3-9(11)14-10/h2-3,5H,4H2,1H3,(H,12,14)(H,13,15). The number of hydrogen-bond acceptors (Lipinski definition) is 5. The number of anilines is 1. The molecule has 0 saturated carbocycles. The Morgan fingerprint density at radius 3 is 2.94 bits per heavy atom. The van der Waals surface area contributed by atoms with Gasteiger partial charge in [0.05, 0.1) is 11.1 Å². The number of pyridine rings is 1. The van der Waals surface area contributed by atoms with E-state index in [4.69, 9.17) is 11.6 Å². The average Bonchev–Trinajstić information content (AvgIpc) is 2.72. The molecule has 0 aliphatic heterocycles. The molecule has 2 aromatic heterocycles. The lowest BCUT2D eigenvalue weighted by Gasteiger charge is -2.05. The van der Waals surface area contributed by atoms with Crippen molar-refractivity contribution in [1.29, 1.82) is 0 Å². The maximum atomic E-state index is 10.8. The third-order valence-corrected chi connectivity index (χ3v) is 2.63. The molecule has 18 heavy (non-hydrogen) atoms. The van der Waals surface area contributed by atoms with E-state index >= 15 is 0 Å². The van der Waals surface area contributed by atoms with E-state index in [9.17, 15) is 10.1 Å². The lowest BCUT2D eigenvalue weighted by Crippen LogP contribution is -2.05. The predicted octanol–water partition coefficient (Wildman–Crippen LogP) is 2.29. The van der Waals surface area contributed by atoms with Crippen LogP contribution in [0, 0.1) is 17.0 Å². The molecule has 0 radical (unpaired) electrons. The molecule has 0 aliphatic rings. The largest absolute Gasteiger partial charge is 0.360 e. The van der Waals surface area contributed by atoms with Crippen LogP contribution in [0.25, 0.3) is 0 Å². The Morgan fingerprint density at radius 1 is 1.56 bits per heavy atom. The number of halogens is 1. The third-order valence-electron chi connectivity index (χ3n) is 2.42. The van der Waals surface area contributed by atoms with Crippen LogP contribution >= 0.6 is 11.6 Å². The number of H-pyrrole nitrogens is 1. The van der Waals surface area contributed by atoms with Gasteiger partial charge in [-0.3, -0.25) is 15.2 Å². The van der Waals surface area contributed by atoms with E-state index in [0.29, 0.717) is 6.54 Å². The monoisotopic (exact) mass is 267 g/mol. The van der Waals surface area contributed by atoms with Gasteiger partial charge in [-0.15, -0.1) is 0 Å². The Kier molecular flexibility index (Phi) is 3.42. The van der Waals surface area contributed by atoms with Gasteiger partial charge >= 0.3 is 5.69 Å². The van der Waals surface area contributed by atoms with Crippen molar-refractivity contribution in [2.45, 2.75) is 13.5 Å². The SMILES string of the molecule is Cc1[nH]ncc1CNc1nc(Cl)ccc1[N+](=O)[O-]. The Hall–Kier alpha value is -2.15. The third kappa shape index (κ3) is 2.57. The van der Waals surface area contributed by atoms with Gasteiger partial charge in [-0.05, 0) is 13.0 Å². The van der Waals surface area contributed by atoms with Crippen molar-refractivity contribution in [2.24, 2.45) is 0 Å². The summed E-state index contributed by atoms with van der Waals surface area (Å²) in [4.78, 5) is 14.2. The van der Waals surface area contributed by atoms with Gasteiger partial charge in [-0.1, -0.05) is 11.6 Å². The number of nitrogens with one attached hydrogen (secondary N) is 2. The van der Waals surface area contributed by atoms with Crippen molar-refractivity contribution in [1.82, 2.24) is 15.2 Å². The van der Waals surface area contributed by atoms with Crippen molar-refractivity contribution in [2.75, 3.05) is 5.32 Å². The van der Waals surface area contributed by atoms with Gasteiger partial charge in [0.15, 0.2) is 0 Å². The summed E-state index contributed by atoms with van der Waals surface area (Å²) in [5, 5.41) is 20.6. The second kappa shape index (κ2) is 5.01. The fourth-order valence-electron chi connectivity index (χ4n) is 1.44. The summed E-state index contributed by atoms with van der Waals surface area (Å²) in [6.45, 7) is 2.25. The molecule has 0 aliphatic carbocycles. The smallest absolute Gasteiger partial charge is 0.311 e. The minimum atomic E-state index is -0.506. The molecule has 0 bridgehead atoms. The highest BCUT2D eigenvalue weighted by Gasteiger charge is 2.15. The Bertz CT molecular complexity index is 583. The second-order valence-corrected chi connectivity index (χ2v) is 4.02. The fraction of sp³-hybridized carbons (Fsp3) is 0.200. The van der Waals surface area contributed by atoms with Crippen LogP contribution in [0.1, 0.15) is 11.3 Å². The van der Waals surface area contributed by atoms with E-state index in [-0.39, 0.29) is 16.7 Å². The van der Waals surface area contributed by atoms with E-state index in [1.807, 2.05) is 6.92 Å². The summed E-state index contributed by atoms with van der Waals surface area (Å²) in [6.07, 6.45) is 1.65. The molecule has 0 unspecified atom stereocenters. The lowest BCUT2D eigenvalue weighted by atomic mass is 10.2. The average molecular weight is 268 g/mol. The first-order valence-corrected chi connectivity index (χ1v) is 5.49. The molecule has 2 heterocycles. The molecular formula is C10H10ClN5O2. The molecule has 2 rings (SSSR count). The first-order chi connectivity index (χ1) is 8.58. The molecule has 8 heteroatoms. The van der Waals surface area contributed by atoms with Crippen molar-refractivity contribution < 1.29 is 4.92 Å².